The first-order valence-electron chi connectivity index (χ1n) is 5.88. The second-order valence-electron chi connectivity index (χ2n) is 4.00. The molecule has 7 heteroatoms. The Hall–Kier alpha value is -3.09. The second-order valence-corrected chi connectivity index (χ2v) is 4.00. The van der Waals surface area contributed by atoms with Gasteiger partial charge in [0.15, 0.2) is 0 Å². The number of benzene rings is 1. The van der Waals surface area contributed by atoms with E-state index in [2.05, 4.69) is 25.8 Å². The molecule has 0 fully saturated rings. The quantitative estimate of drug-likeness (QED) is 0.772. The van der Waals surface area contributed by atoms with Gasteiger partial charge in [0.05, 0.1) is 17.6 Å². The first-order valence-corrected chi connectivity index (χ1v) is 5.88. The third kappa shape index (κ3) is 2.51. The number of carbonyl (C=O) groups is 1. The van der Waals surface area contributed by atoms with Crippen molar-refractivity contribution in [3.8, 4) is 5.69 Å². The molecule has 0 aliphatic heterocycles. The summed E-state index contributed by atoms with van der Waals surface area (Å²) >= 11 is 0. The number of carbonyl (C=O) groups excluding carboxylic acids is 1. The van der Waals surface area contributed by atoms with Crippen LogP contribution >= 0.6 is 0 Å². The van der Waals surface area contributed by atoms with Crippen LogP contribution in [0.15, 0.2) is 55.1 Å². The molecule has 0 saturated carbocycles. The van der Waals surface area contributed by atoms with Crippen molar-refractivity contribution in [2.45, 2.75) is 0 Å². The van der Waals surface area contributed by atoms with Crippen molar-refractivity contribution in [1.82, 2.24) is 25.2 Å². The maximum Gasteiger partial charge on any atom is 0.255 e. The van der Waals surface area contributed by atoms with E-state index in [0.717, 1.165) is 0 Å². The number of pyridine rings is 1. The summed E-state index contributed by atoms with van der Waals surface area (Å²) in [4.78, 5) is 16.1. The predicted octanol–water partition coefficient (Wildman–Crippen LogP) is 1.31. The zero-order valence-corrected chi connectivity index (χ0v) is 10.3. The number of aromatic nitrogens is 5. The van der Waals surface area contributed by atoms with Crippen LogP contribution in [0.5, 0.6) is 0 Å². The summed E-state index contributed by atoms with van der Waals surface area (Å²) in [6, 6.07) is 10.6. The molecule has 0 aliphatic carbocycles. The third-order valence-corrected chi connectivity index (χ3v) is 2.64. The number of hydrogen-bond donors (Lipinski definition) is 1. The van der Waals surface area contributed by atoms with Crippen molar-refractivity contribution in [3.63, 3.8) is 0 Å². The summed E-state index contributed by atoms with van der Waals surface area (Å²) in [7, 11) is 0. The molecule has 1 aromatic carbocycles. The Morgan fingerprint density at radius 1 is 1.20 bits per heavy atom. The fourth-order valence-electron chi connectivity index (χ4n) is 1.71. The van der Waals surface area contributed by atoms with Gasteiger partial charge in [-0.15, -0.1) is 5.10 Å². The van der Waals surface area contributed by atoms with E-state index in [4.69, 9.17) is 0 Å². The van der Waals surface area contributed by atoms with E-state index in [1.54, 1.807) is 42.7 Å². The van der Waals surface area contributed by atoms with Gasteiger partial charge in [0, 0.05) is 11.8 Å². The largest absolute Gasteiger partial charge is 0.321 e. The molecule has 7 nitrogen and oxygen atoms in total. The lowest BCUT2D eigenvalue weighted by atomic mass is 10.2. The average molecular weight is 266 g/mol. The maximum absolute atomic E-state index is 12.1. The van der Waals surface area contributed by atoms with E-state index >= 15 is 0 Å². The van der Waals surface area contributed by atoms with Crippen LogP contribution in [-0.4, -0.2) is 31.1 Å². The Morgan fingerprint density at radius 2 is 2.15 bits per heavy atom. The third-order valence-electron chi connectivity index (χ3n) is 2.64. The first-order chi connectivity index (χ1) is 9.83. The van der Waals surface area contributed by atoms with Crippen molar-refractivity contribution in [3.05, 3.63) is 60.7 Å². The molecular formula is C13H10N6O. The van der Waals surface area contributed by atoms with Crippen molar-refractivity contribution in [1.29, 1.82) is 0 Å². The highest BCUT2D eigenvalue weighted by molar-refractivity contribution is 6.04. The molecule has 1 amide bonds. The van der Waals surface area contributed by atoms with Crippen LogP contribution in [0.4, 0.5) is 5.69 Å². The summed E-state index contributed by atoms with van der Waals surface area (Å²) in [5.41, 5.74) is 1.88. The first kappa shape index (κ1) is 12.0. The van der Waals surface area contributed by atoms with Crippen LogP contribution in [0.1, 0.15) is 10.4 Å². The second kappa shape index (κ2) is 5.27. The fourth-order valence-corrected chi connectivity index (χ4v) is 1.71. The monoisotopic (exact) mass is 266 g/mol. The van der Waals surface area contributed by atoms with Crippen LogP contribution in [0.25, 0.3) is 5.69 Å². The van der Waals surface area contributed by atoms with Crippen LogP contribution < -0.4 is 5.32 Å². The predicted molar refractivity (Wildman–Crippen MR) is 71.3 cm³/mol. The summed E-state index contributed by atoms with van der Waals surface area (Å²) in [5.74, 6) is -0.215. The van der Waals surface area contributed by atoms with Crippen LogP contribution in [0.3, 0.4) is 0 Å². The molecule has 0 spiro atoms. The number of anilines is 1. The fraction of sp³-hybridized carbons (Fsp3) is 0. The zero-order chi connectivity index (χ0) is 13.8. The molecule has 1 N–H and O–H groups in total. The summed E-state index contributed by atoms with van der Waals surface area (Å²) < 4.78 is 1.49. The zero-order valence-electron chi connectivity index (χ0n) is 10.3. The molecule has 2 aromatic heterocycles. The smallest absolute Gasteiger partial charge is 0.255 e. The SMILES string of the molecule is O=C(Nc1cccnc1)c1cccc(-n2cnnn2)c1. The molecular weight excluding hydrogens is 256 g/mol. The molecule has 0 saturated heterocycles. The minimum Gasteiger partial charge on any atom is -0.321 e. The van der Waals surface area contributed by atoms with Gasteiger partial charge in [0.2, 0.25) is 0 Å². The number of hydrogen-bond acceptors (Lipinski definition) is 5. The van der Waals surface area contributed by atoms with Crippen molar-refractivity contribution in [2.24, 2.45) is 0 Å². The number of nitrogens with one attached hydrogen (secondary N) is 1. The van der Waals surface area contributed by atoms with Crippen LogP contribution in [0.2, 0.25) is 0 Å². The molecule has 0 radical (unpaired) electrons. The molecule has 3 rings (SSSR count). The Kier molecular flexibility index (Phi) is 3.15. The lowest BCUT2D eigenvalue weighted by Gasteiger charge is -2.06. The van der Waals surface area contributed by atoms with E-state index in [-0.39, 0.29) is 5.91 Å². The van der Waals surface area contributed by atoms with Gasteiger partial charge in [-0.1, -0.05) is 6.07 Å². The molecule has 0 atom stereocenters. The topological polar surface area (TPSA) is 85.6 Å². The molecule has 0 unspecified atom stereocenters. The number of amides is 1. The molecule has 0 aliphatic rings. The summed E-state index contributed by atoms with van der Waals surface area (Å²) in [6.07, 6.45) is 4.70. The molecule has 2 heterocycles. The highest BCUT2D eigenvalue weighted by atomic mass is 16.1. The maximum atomic E-state index is 12.1. The minimum absolute atomic E-state index is 0.215. The summed E-state index contributed by atoms with van der Waals surface area (Å²) in [6.45, 7) is 0. The highest BCUT2D eigenvalue weighted by Crippen LogP contribution is 2.11. The number of tetrazole rings is 1. The van der Waals surface area contributed by atoms with Crippen LogP contribution in [0, 0.1) is 0 Å². The Morgan fingerprint density at radius 3 is 2.90 bits per heavy atom. The highest BCUT2D eigenvalue weighted by Gasteiger charge is 2.08. The Balaban J connectivity index is 1.84. The molecule has 3 aromatic rings. The Labute approximate surface area is 114 Å². The van der Waals surface area contributed by atoms with Crippen molar-refractivity contribution < 1.29 is 4.79 Å². The Bertz CT molecular complexity index is 711. The minimum atomic E-state index is -0.215. The van der Waals surface area contributed by atoms with E-state index < -0.39 is 0 Å². The molecule has 98 valence electrons. The van der Waals surface area contributed by atoms with Gasteiger partial charge in [-0.2, -0.15) is 0 Å². The van der Waals surface area contributed by atoms with Gasteiger partial charge in [-0.25, -0.2) is 4.68 Å². The van der Waals surface area contributed by atoms with Crippen LogP contribution in [-0.2, 0) is 0 Å². The van der Waals surface area contributed by atoms with E-state index in [0.29, 0.717) is 16.9 Å². The van der Waals surface area contributed by atoms with E-state index in [9.17, 15) is 4.79 Å². The van der Waals surface area contributed by atoms with Crippen molar-refractivity contribution in [2.75, 3.05) is 5.32 Å². The van der Waals surface area contributed by atoms with E-state index in [1.165, 1.54) is 11.0 Å². The normalized spacial score (nSPS) is 10.2. The lowest BCUT2D eigenvalue weighted by Crippen LogP contribution is -2.12. The number of rotatable bonds is 3. The average Bonchev–Trinajstić information content (AvgIpc) is 3.03. The van der Waals surface area contributed by atoms with Gasteiger partial charge >= 0.3 is 0 Å². The van der Waals surface area contributed by atoms with E-state index in [1.807, 2.05) is 6.07 Å². The van der Waals surface area contributed by atoms with Gasteiger partial charge in [-0.05, 0) is 40.8 Å². The molecule has 20 heavy (non-hydrogen) atoms. The lowest BCUT2D eigenvalue weighted by molar-refractivity contribution is 0.102. The number of nitrogens with zero attached hydrogens (tertiary/aromatic N) is 5. The van der Waals surface area contributed by atoms with Crippen molar-refractivity contribution >= 4 is 11.6 Å². The van der Waals surface area contributed by atoms with Gasteiger partial charge in [0.1, 0.15) is 6.33 Å². The van der Waals surface area contributed by atoms with Gasteiger partial charge in [0.25, 0.3) is 5.91 Å². The molecule has 0 bridgehead atoms. The van der Waals surface area contributed by atoms with Gasteiger partial charge in [-0.3, -0.25) is 9.78 Å². The summed E-state index contributed by atoms with van der Waals surface area (Å²) in [5, 5.41) is 13.7. The van der Waals surface area contributed by atoms with Gasteiger partial charge < -0.3 is 5.32 Å². The standard InChI is InChI=1S/C13H10N6O/c20-13(16-11-4-2-6-14-8-11)10-3-1-5-12(7-10)19-9-15-17-18-19/h1-9H,(H,16,20).